The standard InChI is InChI=1S/C21H31N7O/c1-26-10-5-21(20(29)25-6-3-8-27-11-7-22-17-27)4-2-9-28(19(21)15-26)14-18-12-23-16-24-13-18/h7,11-13,16-17,19H,2-6,8-10,14-15H2,1H3,(H,25,29)/t19-,21+/m0/s1. The molecule has 2 atom stereocenters. The highest BCUT2D eigenvalue weighted by Crippen LogP contribution is 2.43. The molecule has 0 unspecified atom stereocenters. The lowest BCUT2D eigenvalue weighted by Gasteiger charge is -2.53. The predicted octanol–water partition coefficient (Wildman–Crippen LogP) is 1.17. The number of aromatic nitrogens is 4. The molecule has 2 aliphatic rings. The Kier molecular flexibility index (Phi) is 6.20. The van der Waals surface area contributed by atoms with Gasteiger partial charge in [0.2, 0.25) is 5.91 Å². The van der Waals surface area contributed by atoms with E-state index < -0.39 is 0 Å². The number of piperidine rings is 2. The van der Waals surface area contributed by atoms with Crippen molar-refractivity contribution < 1.29 is 4.79 Å². The maximum atomic E-state index is 13.4. The molecule has 1 amide bonds. The minimum Gasteiger partial charge on any atom is -0.356 e. The number of amides is 1. The Hall–Kier alpha value is -2.32. The molecule has 2 aromatic heterocycles. The predicted molar refractivity (Wildman–Crippen MR) is 110 cm³/mol. The number of fused-ring (bicyclic) bond motifs is 1. The second kappa shape index (κ2) is 9.00. The number of carbonyl (C=O) groups is 1. The number of nitrogens with one attached hydrogen (secondary N) is 1. The smallest absolute Gasteiger partial charge is 0.227 e. The van der Waals surface area contributed by atoms with E-state index in [0.717, 1.165) is 64.0 Å². The summed E-state index contributed by atoms with van der Waals surface area (Å²) in [6.45, 7) is 5.29. The van der Waals surface area contributed by atoms with Crippen molar-refractivity contribution in [3.63, 3.8) is 0 Å². The normalized spacial score (nSPS) is 25.5. The van der Waals surface area contributed by atoms with Crippen LogP contribution in [0.15, 0.2) is 37.4 Å². The van der Waals surface area contributed by atoms with Crippen molar-refractivity contribution in [3.05, 3.63) is 43.0 Å². The van der Waals surface area contributed by atoms with Crippen molar-refractivity contribution in [2.75, 3.05) is 33.2 Å². The Balaban J connectivity index is 1.42. The molecule has 2 aliphatic heterocycles. The molecule has 8 heteroatoms. The van der Waals surface area contributed by atoms with Crippen molar-refractivity contribution in [3.8, 4) is 0 Å². The molecule has 156 valence electrons. The van der Waals surface area contributed by atoms with Crippen molar-refractivity contribution in [2.24, 2.45) is 5.41 Å². The number of carbonyl (C=O) groups excluding carboxylic acids is 1. The molecule has 8 nitrogen and oxygen atoms in total. The molecule has 0 radical (unpaired) electrons. The van der Waals surface area contributed by atoms with E-state index in [1.165, 1.54) is 0 Å². The van der Waals surface area contributed by atoms with Crippen LogP contribution >= 0.6 is 0 Å². The van der Waals surface area contributed by atoms with Crippen LogP contribution in [0.1, 0.15) is 31.2 Å². The van der Waals surface area contributed by atoms with E-state index in [1.807, 2.05) is 29.5 Å². The summed E-state index contributed by atoms with van der Waals surface area (Å²) in [4.78, 5) is 30.6. The fourth-order valence-corrected chi connectivity index (χ4v) is 4.90. The van der Waals surface area contributed by atoms with Crippen molar-refractivity contribution >= 4 is 5.91 Å². The van der Waals surface area contributed by atoms with Gasteiger partial charge in [-0.05, 0) is 45.8 Å². The van der Waals surface area contributed by atoms with Crippen molar-refractivity contribution in [1.82, 2.24) is 34.6 Å². The van der Waals surface area contributed by atoms with Gasteiger partial charge >= 0.3 is 0 Å². The molecule has 29 heavy (non-hydrogen) atoms. The minimum absolute atomic E-state index is 0.226. The first-order chi connectivity index (χ1) is 14.2. The molecule has 1 N–H and O–H groups in total. The highest BCUT2D eigenvalue weighted by Gasteiger charge is 2.51. The van der Waals surface area contributed by atoms with Crippen LogP contribution in [0.5, 0.6) is 0 Å². The summed E-state index contributed by atoms with van der Waals surface area (Å²) >= 11 is 0. The number of aryl methyl sites for hydroxylation is 1. The zero-order valence-corrected chi connectivity index (χ0v) is 17.2. The van der Waals surface area contributed by atoms with Crippen LogP contribution in [-0.4, -0.2) is 74.5 Å². The van der Waals surface area contributed by atoms with Crippen LogP contribution in [0.3, 0.4) is 0 Å². The third-order valence-corrected chi connectivity index (χ3v) is 6.46. The van der Waals surface area contributed by atoms with E-state index in [9.17, 15) is 4.79 Å². The maximum absolute atomic E-state index is 13.4. The molecular formula is C21H31N7O. The molecule has 0 bridgehead atoms. The zero-order valence-electron chi connectivity index (χ0n) is 17.2. The molecule has 0 saturated carbocycles. The molecule has 2 saturated heterocycles. The Bertz CT molecular complexity index is 782. The highest BCUT2D eigenvalue weighted by molar-refractivity contribution is 5.83. The summed E-state index contributed by atoms with van der Waals surface area (Å²) in [7, 11) is 2.16. The van der Waals surface area contributed by atoms with Crippen molar-refractivity contribution in [1.29, 1.82) is 0 Å². The van der Waals surface area contributed by atoms with Gasteiger partial charge in [0.15, 0.2) is 0 Å². The monoisotopic (exact) mass is 397 g/mol. The number of rotatable bonds is 7. The van der Waals surface area contributed by atoms with Crippen molar-refractivity contribution in [2.45, 2.75) is 44.8 Å². The first kappa shape index (κ1) is 20.0. The number of imidazole rings is 1. The van der Waals surface area contributed by atoms with Gasteiger partial charge < -0.3 is 14.8 Å². The molecule has 0 aliphatic carbocycles. The first-order valence-electron chi connectivity index (χ1n) is 10.6. The Morgan fingerprint density at radius 3 is 2.90 bits per heavy atom. The number of likely N-dealkylation sites (N-methyl/N-ethyl adjacent to an activating group) is 1. The first-order valence-corrected chi connectivity index (χ1v) is 10.6. The number of likely N-dealkylation sites (tertiary alicyclic amines) is 2. The second-order valence-corrected chi connectivity index (χ2v) is 8.41. The number of hydrogen-bond donors (Lipinski definition) is 1. The Labute approximate surface area is 172 Å². The maximum Gasteiger partial charge on any atom is 0.227 e. The van der Waals surface area contributed by atoms with E-state index in [-0.39, 0.29) is 17.4 Å². The van der Waals surface area contributed by atoms with Gasteiger partial charge in [0.1, 0.15) is 6.33 Å². The average molecular weight is 398 g/mol. The van der Waals surface area contributed by atoms with Gasteiger partial charge in [0, 0.05) is 62.6 Å². The van der Waals surface area contributed by atoms with E-state index in [0.29, 0.717) is 6.54 Å². The zero-order chi connectivity index (χ0) is 20.1. The van der Waals surface area contributed by atoms with E-state index in [4.69, 9.17) is 0 Å². The van der Waals surface area contributed by atoms with E-state index >= 15 is 0 Å². The van der Waals surface area contributed by atoms with Gasteiger partial charge in [-0.3, -0.25) is 9.69 Å². The SMILES string of the molecule is CN1CC[C@]2(C(=O)NCCCn3ccnc3)CCCN(Cc3cncnc3)[C@H]2C1. The minimum atomic E-state index is -0.296. The number of nitrogens with zero attached hydrogens (tertiary/aromatic N) is 6. The number of hydrogen-bond acceptors (Lipinski definition) is 6. The van der Waals surface area contributed by atoms with Gasteiger partial charge in [-0.1, -0.05) is 0 Å². The largest absolute Gasteiger partial charge is 0.356 e. The second-order valence-electron chi connectivity index (χ2n) is 8.41. The third-order valence-electron chi connectivity index (χ3n) is 6.46. The molecule has 0 spiro atoms. The summed E-state index contributed by atoms with van der Waals surface area (Å²) in [5.41, 5.74) is 0.812. The molecule has 0 aromatic carbocycles. The molecule has 4 rings (SSSR count). The van der Waals surface area contributed by atoms with Gasteiger partial charge in [0.25, 0.3) is 0 Å². The quantitative estimate of drug-likeness (QED) is 0.707. The highest BCUT2D eigenvalue weighted by atomic mass is 16.2. The van der Waals surface area contributed by atoms with Crippen LogP contribution in [-0.2, 0) is 17.9 Å². The Morgan fingerprint density at radius 2 is 2.10 bits per heavy atom. The van der Waals surface area contributed by atoms with Gasteiger partial charge in [-0.25, -0.2) is 15.0 Å². The summed E-state index contributed by atoms with van der Waals surface area (Å²) in [5.74, 6) is 0.232. The summed E-state index contributed by atoms with van der Waals surface area (Å²) in [6.07, 6.45) is 14.7. The van der Waals surface area contributed by atoms with Crippen LogP contribution in [0.4, 0.5) is 0 Å². The summed E-state index contributed by atoms with van der Waals surface area (Å²) in [5, 5.41) is 3.26. The molecular weight excluding hydrogens is 366 g/mol. The topological polar surface area (TPSA) is 79.2 Å². The lowest BCUT2D eigenvalue weighted by atomic mass is 9.67. The van der Waals surface area contributed by atoms with Crippen LogP contribution in [0.25, 0.3) is 0 Å². The van der Waals surface area contributed by atoms with Gasteiger partial charge in [-0.15, -0.1) is 0 Å². The van der Waals surface area contributed by atoms with Crippen LogP contribution in [0.2, 0.25) is 0 Å². The van der Waals surface area contributed by atoms with E-state index in [2.05, 4.69) is 37.1 Å². The fraction of sp³-hybridized carbons (Fsp3) is 0.619. The fourth-order valence-electron chi connectivity index (χ4n) is 4.90. The Morgan fingerprint density at radius 1 is 1.24 bits per heavy atom. The molecule has 4 heterocycles. The van der Waals surface area contributed by atoms with Crippen LogP contribution in [0, 0.1) is 5.41 Å². The van der Waals surface area contributed by atoms with Gasteiger partial charge in [-0.2, -0.15) is 0 Å². The third kappa shape index (κ3) is 4.48. The average Bonchev–Trinajstić information content (AvgIpc) is 3.26. The van der Waals surface area contributed by atoms with Crippen LogP contribution < -0.4 is 5.32 Å². The lowest BCUT2D eigenvalue weighted by Crippen LogP contribution is -2.65. The molecule has 2 fully saturated rings. The van der Waals surface area contributed by atoms with Gasteiger partial charge in [0.05, 0.1) is 11.7 Å². The summed E-state index contributed by atoms with van der Waals surface area (Å²) in [6, 6.07) is 0.226. The summed E-state index contributed by atoms with van der Waals surface area (Å²) < 4.78 is 2.05. The lowest BCUT2D eigenvalue weighted by molar-refractivity contribution is -0.145. The molecule has 2 aromatic rings. The van der Waals surface area contributed by atoms with E-state index in [1.54, 1.807) is 12.5 Å².